The van der Waals surface area contributed by atoms with Gasteiger partial charge in [-0.25, -0.2) is 4.39 Å². The Morgan fingerprint density at radius 2 is 1.87 bits per heavy atom. The van der Waals surface area contributed by atoms with Gasteiger partial charge in [-0.3, -0.25) is 0 Å². The van der Waals surface area contributed by atoms with Crippen molar-refractivity contribution < 1.29 is 13.9 Å². The maximum absolute atomic E-state index is 13.4. The van der Waals surface area contributed by atoms with Crippen LogP contribution >= 0.6 is 0 Å². The number of ether oxygens (including phenoxy) is 2. The predicted octanol–water partition coefficient (Wildman–Crippen LogP) is 4.23. The van der Waals surface area contributed by atoms with Crippen molar-refractivity contribution in [3.63, 3.8) is 0 Å². The highest BCUT2D eigenvalue weighted by Gasteiger charge is 2.09. The zero-order chi connectivity index (χ0) is 21.8. The Kier molecular flexibility index (Phi) is 5.61. The highest BCUT2D eigenvalue weighted by molar-refractivity contribution is 5.60. The van der Waals surface area contributed by atoms with Crippen LogP contribution < -0.4 is 20.5 Å². The highest BCUT2D eigenvalue weighted by Crippen LogP contribution is 2.26. The Bertz CT molecular complexity index is 1190. The molecule has 2 heterocycles. The Morgan fingerprint density at radius 3 is 2.61 bits per heavy atom. The van der Waals surface area contributed by atoms with E-state index in [1.165, 1.54) is 12.1 Å². The molecule has 0 aliphatic heterocycles. The van der Waals surface area contributed by atoms with Crippen molar-refractivity contribution in [1.29, 1.82) is 0 Å². The fourth-order valence-corrected chi connectivity index (χ4v) is 2.78. The van der Waals surface area contributed by atoms with Crippen molar-refractivity contribution in [2.75, 3.05) is 17.7 Å². The first-order chi connectivity index (χ1) is 15.0. The van der Waals surface area contributed by atoms with Gasteiger partial charge in [0.25, 0.3) is 0 Å². The first-order valence-electron chi connectivity index (χ1n) is 9.51. The smallest absolute Gasteiger partial charge is 0.321 e. The number of nitrogen functional groups attached to an aromatic ring is 1. The molecule has 0 aliphatic rings. The van der Waals surface area contributed by atoms with Gasteiger partial charge in [-0.2, -0.15) is 9.97 Å². The van der Waals surface area contributed by atoms with E-state index in [2.05, 4.69) is 30.5 Å². The number of nitrogens with two attached hydrogens (primary N) is 1. The summed E-state index contributed by atoms with van der Waals surface area (Å²) in [6.07, 6.45) is 0. The number of rotatable bonds is 7. The summed E-state index contributed by atoms with van der Waals surface area (Å²) in [6.45, 7) is 3.95. The van der Waals surface area contributed by atoms with Crippen molar-refractivity contribution in [3.8, 4) is 29.0 Å². The molecule has 4 N–H and O–H groups in total. The first kappa shape index (κ1) is 20.1. The first-order valence-corrected chi connectivity index (χ1v) is 9.51. The van der Waals surface area contributed by atoms with Crippen molar-refractivity contribution in [3.05, 3.63) is 59.9 Å². The molecule has 0 bridgehead atoms. The fraction of sp³-hybridized carbons (Fsp3) is 0.143. The molecule has 9 nitrogen and oxygen atoms in total. The van der Waals surface area contributed by atoms with Gasteiger partial charge in [-0.15, -0.1) is 10.2 Å². The van der Waals surface area contributed by atoms with Crippen molar-refractivity contribution in [2.24, 2.45) is 0 Å². The number of nitrogens with one attached hydrogen (secondary N) is 2. The average Bonchev–Trinajstić information content (AvgIpc) is 3.20. The molecule has 31 heavy (non-hydrogen) atoms. The third-order valence-corrected chi connectivity index (χ3v) is 4.23. The quantitative estimate of drug-likeness (QED) is 0.405. The number of hydrogen-bond acceptors (Lipinski definition) is 8. The van der Waals surface area contributed by atoms with E-state index >= 15 is 0 Å². The van der Waals surface area contributed by atoms with Gasteiger partial charge in [0.05, 0.1) is 6.61 Å². The SMILES string of the molecule is CCOc1nc(N)cc(Oc2ccc(-c3nnc(Nc4ccc(F)c(C)c4)[nH]3)cc2)n1. The van der Waals surface area contributed by atoms with Crippen molar-refractivity contribution in [2.45, 2.75) is 13.8 Å². The molecule has 0 amide bonds. The molecule has 2 aromatic heterocycles. The molecule has 0 fully saturated rings. The van der Waals surface area contributed by atoms with E-state index in [9.17, 15) is 4.39 Å². The van der Waals surface area contributed by atoms with Gasteiger partial charge in [-0.05, 0) is 61.9 Å². The number of H-pyrrole nitrogens is 1. The lowest BCUT2D eigenvalue weighted by molar-refractivity contribution is 0.307. The van der Waals surface area contributed by atoms with E-state index < -0.39 is 0 Å². The largest absolute Gasteiger partial charge is 0.464 e. The van der Waals surface area contributed by atoms with E-state index in [4.69, 9.17) is 15.2 Å². The lowest BCUT2D eigenvalue weighted by atomic mass is 10.2. The zero-order valence-electron chi connectivity index (χ0n) is 16.9. The number of aryl methyl sites for hydroxylation is 1. The van der Waals surface area contributed by atoms with E-state index in [1.807, 2.05) is 19.1 Å². The molecule has 0 spiro atoms. The van der Waals surface area contributed by atoms with Crippen molar-refractivity contribution in [1.82, 2.24) is 25.1 Å². The molecular formula is C21H20FN7O2. The summed E-state index contributed by atoms with van der Waals surface area (Å²) < 4.78 is 24.4. The molecule has 0 saturated heterocycles. The normalized spacial score (nSPS) is 10.7. The lowest BCUT2D eigenvalue weighted by Gasteiger charge is -2.08. The van der Waals surface area contributed by atoms with E-state index in [-0.39, 0.29) is 23.5 Å². The second-order valence-corrected chi connectivity index (χ2v) is 6.58. The zero-order valence-corrected chi connectivity index (χ0v) is 16.9. The maximum atomic E-state index is 13.4. The third kappa shape index (κ3) is 4.86. The average molecular weight is 421 g/mol. The summed E-state index contributed by atoms with van der Waals surface area (Å²) in [4.78, 5) is 11.2. The number of anilines is 3. The number of halogens is 1. The highest BCUT2D eigenvalue weighted by atomic mass is 19.1. The van der Waals surface area contributed by atoms with E-state index in [1.54, 1.807) is 31.2 Å². The van der Waals surface area contributed by atoms with Crippen molar-refractivity contribution >= 4 is 17.5 Å². The van der Waals surface area contributed by atoms with E-state index in [0.717, 1.165) is 5.56 Å². The second-order valence-electron chi connectivity index (χ2n) is 6.58. The maximum Gasteiger partial charge on any atom is 0.321 e. The van der Waals surface area contributed by atoms with Gasteiger partial charge in [0.2, 0.25) is 11.8 Å². The molecule has 0 aliphatic carbocycles. The van der Waals surface area contributed by atoms with Crippen LogP contribution in [0.1, 0.15) is 12.5 Å². The minimum absolute atomic E-state index is 0.159. The summed E-state index contributed by atoms with van der Waals surface area (Å²) in [5.74, 6) is 1.85. The summed E-state index contributed by atoms with van der Waals surface area (Å²) in [7, 11) is 0. The van der Waals surface area contributed by atoms with Gasteiger partial charge in [0.15, 0.2) is 5.82 Å². The van der Waals surface area contributed by atoms with Crippen LogP contribution in [0.15, 0.2) is 48.5 Å². The van der Waals surface area contributed by atoms with Gasteiger partial charge in [-0.1, -0.05) is 0 Å². The van der Waals surface area contributed by atoms with Gasteiger partial charge in [0, 0.05) is 17.3 Å². The molecule has 0 radical (unpaired) electrons. The van der Waals surface area contributed by atoms with Crippen LogP contribution in [-0.4, -0.2) is 31.8 Å². The van der Waals surface area contributed by atoms with Crippen LogP contribution in [-0.2, 0) is 0 Å². The number of benzene rings is 2. The van der Waals surface area contributed by atoms with Crippen LogP contribution in [0.4, 0.5) is 21.8 Å². The van der Waals surface area contributed by atoms with Crippen LogP contribution in [0, 0.1) is 12.7 Å². The number of hydrogen-bond donors (Lipinski definition) is 3. The Balaban J connectivity index is 1.45. The predicted molar refractivity (Wildman–Crippen MR) is 114 cm³/mol. The van der Waals surface area contributed by atoms with Gasteiger partial charge < -0.3 is 25.5 Å². The molecule has 158 valence electrons. The number of aromatic amines is 1. The molecule has 4 aromatic rings. The van der Waals surface area contributed by atoms with Crippen LogP contribution in [0.2, 0.25) is 0 Å². The molecular weight excluding hydrogens is 401 g/mol. The van der Waals surface area contributed by atoms with Crippen LogP contribution in [0.25, 0.3) is 11.4 Å². The summed E-state index contributed by atoms with van der Waals surface area (Å²) in [6, 6.07) is 13.6. The van der Waals surface area contributed by atoms with Crippen LogP contribution in [0.5, 0.6) is 17.6 Å². The van der Waals surface area contributed by atoms with Crippen LogP contribution in [0.3, 0.4) is 0 Å². The lowest BCUT2D eigenvalue weighted by Crippen LogP contribution is -2.01. The summed E-state index contributed by atoms with van der Waals surface area (Å²) in [5.41, 5.74) is 7.82. The topological polar surface area (TPSA) is 124 Å². The molecule has 4 rings (SSSR count). The summed E-state index contributed by atoms with van der Waals surface area (Å²) in [5, 5.41) is 11.3. The summed E-state index contributed by atoms with van der Waals surface area (Å²) >= 11 is 0. The monoisotopic (exact) mass is 421 g/mol. The standard InChI is InChI=1S/C21H20FN7O2/c1-3-30-21-25-17(23)11-18(26-21)31-15-7-4-13(5-8-15)19-27-20(29-28-19)24-14-6-9-16(22)12(2)10-14/h4-11H,3H2,1-2H3,(H2,23,25,26)(H2,24,27,28,29). The molecule has 0 atom stereocenters. The Morgan fingerprint density at radius 1 is 1.06 bits per heavy atom. The third-order valence-electron chi connectivity index (χ3n) is 4.23. The number of nitrogens with zero attached hydrogens (tertiary/aromatic N) is 4. The minimum Gasteiger partial charge on any atom is -0.464 e. The Labute approximate surface area is 177 Å². The molecule has 0 unspecified atom stereocenters. The number of aromatic nitrogens is 5. The molecule has 10 heteroatoms. The molecule has 2 aromatic carbocycles. The van der Waals surface area contributed by atoms with E-state index in [0.29, 0.717) is 35.4 Å². The fourth-order valence-electron chi connectivity index (χ4n) is 2.78. The van der Waals surface area contributed by atoms with Gasteiger partial charge in [0.1, 0.15) is 17.4 Å². The second kappa shape index (κ2) is 8.66. The Hall–Kier alpha value is -4.21. The minimum atomic E-state index is -0.259. The van der Waals surface area contributed by atoms with Gasteiger partial charge >= 0.3 is 6.01 Å². The molecule has 0 saturated carbocycles.